The second-order valence-electron chi connectivity index (χ2n) is 5.49. The molecule has 0 aromatic heterocycles. The third kappa shape index (κ3) is 6.03. The first-order valence-corrected chi connectivity index (χ1v) is 7.78. The van der Waals surface area contributed by atoms with Crippen molar-refractivity contribution in [3.8, 4) is 5.75 Å². The molecule has 0 aliphatic heterocycles. The van der Waals surface area contributed by atoms with Crippen LogP contribution in [0.3, 0.4) is 0 Å². The molecule has 0 fully saturated rings. The summed E-state index contributed by atoms with van der Waals surface area (Å²) in [6.07, 6.45) is 0.152. The summed E-state index contributed by atoms with van der Waals surface area (Å²) in [5, 5.41) is 8.74. The van der Waals surface area contributed by atoms with Gasteiger partial charge in [-0.15, -0.1) is 0 Å². The molecule has 0 saturated heterocycles. The number of carbonyl (C=O) groups is 1. The molecule has 0 atom stereocenters. The van der Waals surface area contributed by atoms with Crippen LogP contribution in [-0.2, 0) is 17.9 Å². The van der Waals surface area contributed by atoms with Crippen LogP contribution in [0.4, 0.5) is 0 Å². The van der Waals surface area contributed by atoms with Crippen LogP contribution in [0, 0.1) is 0 Å². The first-order chi connectivity index (χ1) is 10.5. The Balaban J connectivity index is 2.74. The summed E-state index contributed by atoms with van der Waals surface area (Å²) in [7, 11) is 3.60. The minimum Gasteiger partial charge on any atom is -0.496 e. The Bertz CT molecular complexity index is 473. The molecule has 124 valence electrons. The molecule has 1 aromatic carbocycles. The molecule has 0 saturated carbocycles. The SMILES string of the molecule is CCN(CC)Cc1ccc(CN(C)CCC(=O)O)c(OC)c1. The number of benzene rings is 1. The zero-order valence-corrected chi connectivity index (χ0v) is 14.1. The largest absolute Gasteiger partial charge is 0.496 e. The minimum absolute atomic E-state index is 0.152. The number of methoxy groups -OCH3 is 1. The standard InChI is InChI=1S/C17H28N2O3/c1-5-19(6-2)12-14-7-8-15(16(11-14)22-4)13-18(3)10-9-17(20)21/h7-8,11H,5-6,9-10,12-13H2,1-4H3,(H,20,21). The van der Waals surface area contributed by atoms with Crippen LogP contribution in [0.25, 0.3) is 0 Å². The van der Waals surface area contributed by atoms with Crippen LogP contribution in [-0.4, -0.2) is 54.7 Å². The van der Waals surface area contributed by atoms with Gasteiger partial charge in [-0.25, -0.2) is 0 Å². The zero-order chi connectivity index (χ0) is 16.5. The lowest BCUT2D eigenvalue weighted by Gasteiger charge is -2.21. The summed E-state index contributed by atoms with van der Waals surface area (Å²) in [6, 6.07) is 6.29. The number of carboxylic acid groups (broad SMARTS) is 1. The number of nitrogens with zero attached hydrogens (tertiary/aromatic N) is 2. The van der Waals surface area contributed by atoms with E-state index in [2.05, 4.69) is 36.9 Å². The molecule has 0 aliphatic carbocycles. The number of rotatable bonds is 10. The van der Waals surface area contributed by atoms with E-state index in [4.69, 9.17) is 9.84 Å². The fourth-order valence-corrected chi connectivity index (χ4v) is 2.38. The van der Waals surface area contributed by atoms with E-state index < -0.39 is 5.97 Å². The molecule has 1 aromatic rings. The molecule has 1 N–H and O–H groups in total. The number of hydrogen-bond acceptors (Lipinski definition) is 4. The smallest absolute Gasteiger partial charge is 0.304 e. The molecular weight excluding hydrogens is 280 g/mol. The Morgan fingerprint density at radius 1 is 1.23 bits per heavy atom. The maximum atomic E-state index is 10.6. The van der Waals surface area contributed by atoms with Gasteiger partial charge < -0.3 is 14.7 Å². The highest BCUT2D eigenvalue weighted by Gasteiger charge is 2.10. The molecule has 0 radical (unpaired) electrons. The summed E-state index contributed by atoms with van der Waals surface area (Å²) < 4.78 is 5.50. The molecule has 5 nitrogen and oxygen atoms in total. The predicted molar refractivity (Wildman–Crippen MR) is 88.2 cm³/mol. The van der Waals surface area contributed by atoms with E-state index >= 15 is 0 Å². The molecule has 0 amide bonds. The van der Waals surface area contributed by atoms with Gasteiger partial charge in [-0.3, -0.25) is 9.69 Å². The second kappa shape index (κ2) is 9.43. The van der Waals surface area contributed by atoms with Crippen molar-refractivity contribution in [2.75, 3.05) is 33.8 Å². The Labute approximate surface area is 133 Å². The molecule has 0 heterocycles. The van der Waals surface area contributed by atoms with E-state index in [1.54, 1.807) is 7.11 Å². The van der Waals surface area contributed by atoms with E-state index in [0.29, 0.717) is 13.1 Å². The van der Waals surface area contributed by atoms with Crippen molar-refractivity contribution >= 4 is 5.97 Å². The number of hydrogen-bond donors (Lipinski definition) is 1. The highest BCUT2D eigenvalue weighted by Crippen LogP contribution is 2.22. The van der Waals surface area contributed by atoms with Gasteiger partial charge in [-0.2, -0.15) is 0 Å². The lowest BCUT2D eigenvalue weighted by atomic mass is 10.1. The number of carboxylic acids is 1. The molecule has 22 heavy (non-hydrogen) atoms. The highest BCUT2D eigenvalue weighted by atomic mass is 16.5. The Kier molecular flexibility index (Phi) is 7.91. The Morgan fingerprint density at radius 2 is 1.91 bits per heavy atom. The Morgan fingerprint density at radius 3 is 2.45 bits per heavy atom. The molecule has 0 unspecified atom stereocenters. The maximum absolute atomic E-state index is 10.6. The predicted octanol–water partition coefficient (Wildman–Crippen LogP) is 2.44. The summed E-state index contributed by atoms with van der Waals surface area (Å²) in [5.41, 5.74) is 2.32. The van der Waals surface area contributed by atoms with Gasteiger partial charge in [0.1, 0.15) is 5.75 Å². The first-order valence-electron chi connectivity index (χ1n) is 7.78. The van der Waals surface area contributed by atoms with Crippen molar-refractivity contribution in [2.24, 2.45) is 0 Å². The topological polar surface area (TPSA) is 53.0 Å². The van der Waals surface area contributed by atoms with Gasteiger partial charge in [-0.05, 0) is 31.8 Å². The summed E-state index contributed by atoms with van der Waals surface area (Å²) in [6.45, 7) is 8.50. The molecule has 0 bridgehead atoms. The van der Waals surface area contributed by atoms with Crippen LogP contribution in [0.1, 0.15) is 31.4 Å². The van der Waals surface area contributed by atoms with Crippen molar-refractivity contribution in [1.82, 2.24) is 9.80 Å². The van der Waals surface area contributed by atoms with E-state index in [1.165, 1.54) is 5.56 Å². The van der Waals surface area contributed by atoms with E-state index in [1.807, 2.05) is 11.9 Å². The van der Waals surface area contributed by atoms with Gasteiger partial charge in [0.15, 0.2) is 0 Å². The minimum atomic E-state index is -0.770. The van der Waals surface area contributed by atoms with Gasteiger partial charge in [0.05, 0.1) is 13.5 Å². The van der Waals surface area contributed by atoms with Crippen LogP contribution >= 0.6 is 0 Å². The summed E-state index contributed by atoms with van der Waals surface area (Å²) >= 11 is 0. The van der Waals surface area contributed by atoms with Gasteiger partial charge in [-0.1, -0.05) is 26.0 Å². The van der Waals surface area contributed by atoms with Gasteiger partial charge in [0, 0.05) is 25.2 Å². The third-order valence-electron chi connectivity index (χ3n) is 3.80. The van der Waals surface area contributed by atoms with Gasteiger partial charge in [0.2, 0.25) is 0 Å². The lowest BCUT2D eigenvalue weighted by Crippen LogP contribution is -2.23. The number of aliphatic carboxylic acids is 1. The highest BCUT2D eigenvalue weighted by molar-refractivity contribution is 5.66. The van der Waals surface area contributed by atoms with E-state index in [0.717, 1.165) is 30.9 Å². The fourth-order valence-electron chi connectivity index (χ4n) is 2.38. The monoisotopic (exact) mass is 308 g/mol. The molecule has 5 heteroatoms. The Hall–Kier alpha value is -1.59. The van der Waals surface area contributed by atoms with E-state index in [-0.39, 0.29) is 6.42 Å². The van der Waals surface area contributed by atoms with Crippen molar-refractivity contribution in [1.29, 1.82) is 0 Å². The average Bonchev–Trinajstić information content (AvgIpc) is 2.51. The van der Waals surface area contributed by atoms with Crippen molar-refractivity contribution < 1.29 is 14.6 Å². The normalized spacial score (nSPS) is 11.2. The quantitative estimate of drug-likeness (QED) is 0.719. The van der Waals surface area contributed by atoms with Crippen LogP contribution in [0.15, 0.2) is 18.2 Å². The van der Waals surface area contributed by atoms with Crippen LogP contribution in [0.2, 0.25) is 0 Å². The van der Waals surface area contributed by atoms with Crippen molar-refractivity contribution in [3.05, 3.63) is 29.3 Å². The summed E-state index contributed by atoms with van der Waals surface area (Å²) in [5.74, 6) is 0.0974. The van der Waals surface area contributed by atoms with Crippen LogP contribution < -0.4 is 4.74 Å². The molecule has 0 spiro atoms. The fraction of sp³-hybridized carbons (Fsp3) is 0.588. The molecule has 0 aliphatic rings. The lowest BCUT2D eigenvalue weighted by molar-refractivity contribution is -0.137. The van der Waals surface area contributed by atoms with E-state index in [9.17, 15) is 4.79 Å². The molecule has 1 rings (SSSR count). The first kappa shape index (κ1) is 18.5. The third-order valence-corrected chi connectivity index (χ3v) is 3.80. The van der Waals surface area contributed by atoms with Crippen molar-refractivity contribution in [3.63, 3.8) is 0 Å². The van der Waals surface area contributed by atoms with Gasteiger partial charge in [0.25, 0.3) is 0 Å². The van der Waals surface area contributed by atoms with Gasteiger partial charge >= 0.3 is 5.97 Å². The maximum Gasteiger partial charge on any atom is 0.304 e. The number of ether oxygens (including phenoxy) is 1. The molecular formula is C17H28N2O3. The average molecular weight is 308 g/mol. The second-order valence-corrected chi connectivity index (χ2v) is 5.49. The zero-order valence-electron chi connectivity index (χ0n) is 14.1. The van der Waals surface area contributed by atoms with Crippen molar-refractivity contribution in [2.45, 2.75) is 33.4 Å². The van der Waals surface area contributed by atoms with Crippen LogP contribution in [0.5, 0.6) is 5.75 Å². The summed E-state index contributed by atoms with van der Waals surface area (Å²) in [4.78, 5) is 15.0.